The van der Waals surface area contributed by atoms with Crippen molar-refractivity contribution in [1.82, 2.24) is 0 Å². The highest BCUT2D eigenvalue weighted by Crippen LogP contribution is 2.48. The van der Waals surface area contributed by atoms with Crippen molar-refractivity contribution < 1.29 is 35.9 Å². The number of hydrogen-bond donors (Lipinski definition) is 1. The maximum absolute atomic E-state index is 13.0. The van der Waals surface area contributed by atoms with Crippen LogP contribution in [0.3, 0.4) is 0 Å². The molecule has 3 rings (SSSR count). The lowest BCUT2D eigenvalue weighted by molar-refractivity contribution is -0.694. The molecule has 0 aromatic carbocycles. The van der Waals surface area contributed by atoms with Gasteiger partial charge >= 0.3 is 0 Å². The van der Waals surface area contributed by atoms with Gasteiger partial charge in [-0.05, 0) is 18.4 Å². The number of aryl methyl sites for hydroxylation is 1. The number of hydrogen-bond acceptors (Lipinski definition) is 4. The van der Waals surface area contributed by atoms with Crippen LogP contribution in [0.2, 0.25) is 0 Å². The first-order valence-corrected chi connectivity index (χ1v) is 9.23. The van der Waals surface area contributed by atoms with Gasteiger partial charge in [-0.1, -0.05) is 20.8 Å². The Morgan fingerprint density at radius 2 is 2.04 bits per heavy atom. The highest BCUT2D eigenvalue weighted by atomic mass is 79.9. The van der Waals surface area contributed by atoms with E-state index < -0.39 is 5.92 Å². The molecule has 0 saturated carbocycles. The second kappa shape index (κ2) is 7.97. The number of ketones is 2. The Kier molecular flexibility index (Phi) is 6.30. The molecule has 0 saturated heterocycles. The van der Waals surface area contributed by atoms with Crippen LogP contribution in [0.4, 0.5) is 0 Å². The number of rotatable bonds is 4. The summed E-state index contributed by atoms with van der Waals surface area (Å²) in [5.74, 6) is 0.269. The number of nitrogens with zero attached hydrogens (tertiary/aromatic N) is 1. The van der Waals surface area contributed by atoms with Crippen molar-refractivity contribution in [3.63, 3.8) is 0 Å². The molecular formula is C21H27BrN2O3. The molecular weight excluding hydrogens is 408 g/mol. The molecule has 0 radical (unpaired) electrons. The van der Waals surface area contributed by atoms with Crippen LogP contribution in [0.1, 0.15) is 58.4 Å². The lowest BCUT2D eigenvalue weighted by atomic mass is 9.69. The normalized spacial score (nSPS) is 21.3. The van der Waals surface area contributed by atoms with Crippen molar-refractivity contribution in [2.75, 3.05) is 0 Å². The molecule has 1 atom stereocenters. The van der Waals surface area contributed by atoms with Gasteiger partial charge in [-0.15, -0.1) is 0 Å². The minimum Gasteiger partial charge on any atom is -1.00 e. The number of ether oxygens (including phenoxy) is 1. The standard InChI is InChI=1S/C21H26N2O3.BrH/c1-5-14(24)19-17(13-8-7-9-23(6-2)12-13)18-15(25)10-21(3,4)11-16(18)26-20(19)22;/h7-9,12,17H,5-6,10-11H2,1-4H3,(H-,22,24);1H. The van der Waals surface area contributed by atoms with E-state index in [4.69, 9.17) is 10.5 Å². The second-order valence-corrected chi connectivity index (χ2v) is 7.84. The van der Waals surface area contributed by atoms with Crippen molar-refractivity contribution in [1.29, 1.82) is 0 Å². The number of allylic oxidation sites excluding steroid dienone is 3. The topological polar surface area (TPSA) is 73.3 Å². The van der Waals surface area contributed by atoms with E-state index in [1.54, 1.807) is 6.92 Å². The van der Waals surface area contributed by atoms with Gasteiger partial charge in [0.05, 0.1) is 11.5 Å². The third-order valence-corrected chi connectivity index (χ3v) is 5.16. The highest BCUT2D eigenvalue weighted by Gasteiger charge is 2.44. The Hall–Kier alpha value is -1.95. The fraction of sp³-hybridized carbons (Fsp3) is 0.476. The number of pyridine rings is 1. The Bertz CT molecular complexity index is 840. The van der Waals surface area contributed by atoms with E-state index in [2.05, 4.69) is 6.92 Å². The summed E-state index contributed by atoms with van der Waals surface area (Å²) >= 11 is 0. The van der Waals surface area contributed by atoms with Crippen LogP contribution in [0.15, 0.2) is 47.3 Å². The predicted octanol–water partition coefficient (Wildman–Crippen LogP) is -0.0956. The molecule has 0 spiro atoms. The molecule has 1 aliphatic carbocycles. The molecule has 0 fully saturated rings. The molecule has 6 heteroatoms. The van der Waals surface area contributed by atoms with Gasteiger partial charge in [0.1, 0.15) is 12.3 Å². The van der Waals surface area contributed by atoms with Gasteiger partial charge in [-0.2, -0.15) is 0 Å². The molecule has 2 N–H and O–H groups in total. The van der Waals surface area contributed by atoms with Gasteiger partial charge in [-0.25, -0.2) is 4.57 Å². The molecule has 1 aromatic heterocycles. The van der Waals surface area contributed by atoms with Crippen molar-refractivity contribution in [2.45, 2.75) is 59.4 Å². The van der Waals surface area contributed by atoms with Gasteiger partial charge in [0.2, 0.25) is 0 Å². The SMILES string of the molecule is CCC(=O)C1=C(N)OC2=C(C(=O)CC(C)(C)C2)C1c1ccc[n+](CC)c1.[Br-]. The molecule has 1 aliphatic heterocycles. The predicted molar refractivity (Wildman–Crippen MR) is 97.7 cm³/mol. The first-order chi connectivity index (χ1) is 12.3. The van der Waals surface area contributed by atoms with Crippen LogP contribution >= 0.6 is 0 Å². The van der Waals surface area contributed by atoms with Crippen LogP contribution in [-0.4, -0.2) is 11.6 Å². The maximum atomic E-state index is 13.0. The van der Waals surface area contributed by atoms with Gasteiger partial charge < -0.3 is 27.5 Å². The van der Waals surface area contributed by atoms with Crippen LogP contribution in [0, 0.1) is 5.41 Å². The van der Waals surface area contributed by atoms with Crippen molar-refractivity contribution >= 4 is 11.6 Å². The smallest absolute Gasteiger partial charge is 0.198 e. The van der Waals surface area contributed by atoms with E-state index in [9.17, 15) is 9.59 Å². The van der Waals surface area contributed by atoms with Crippen LogP contribution in [-0.2, 0) is 20.9 Å². The molecule has 146 valence electrons. The van der Waals surface area contributed by atoms with Crippen molar-refractivity contribution in [3.8, 4) is 0 Å². The lowest BCUT2D eigenvalue weighted by Crippen LogP contribution is -3.00. The van der Waals surface area contributed by atoms with Gasteiger partial charge in [0, 0.05) is 36.5 Å². The monoisotopic (exact) mass is 434 g/mol. The number of carbonyl (C=O) groups is 2. The van der Waals surface area contributed by atoms with Crippen LogP contribution in [0.5, 0.6) is 0 Å². The average molecular weight is 435 g/mol. The molecule has 27 heavy (non-hydrogen) atoms. The minimum atomic E-state index is -0.450. The lowest BCUT2D eigenvalue weighted by Gasteiger charge is -2.37. The molecule has 0 bridgehead atoms. The summed E-state index contributed by atoms with van der Waals surface area (Å²) in [5, 5.41) is 0. The van der Waals surface area contributed by atoms with E-state index in [0.717, 1.165) is 12.1 Å². The summed E-state index contributed by atoms with van der Waals surface area (Å²) in [6, 6.07) is 3.89. The number of halogens is 1. The highest BCUT2D eigenvalue weighted by molar-refractivity contribution is 6.05. The summed E-state index contributed by atoms with van der Waals surface area (Å²) in [5.41, 5.74) is 7.92. The molecule has 5 nitrogen and oxygen atoms in total. The molecule has 0 amide bonds. The fourth-order valence-corrected chi connectivity index (χ4v) is 3.90. The zero-order valence-corrected chi connectivity index (χ0v) is 17.9. The van der Waals surface area contributed by atoms with Crippen LogP contribution < -0.4 is 27.3 Å². The first-order valence-electron chi connectivity index (χ1n) is 9.23. The minimum absolute atomic E-state index is 0. The van der Waals surface area contributed by atoms with Crippen molar-refractivity contribution in [2.24, 2.45) is 11.1 Å². The van der Waals surface area contributed by atoms with E-state index in [1.807, 2.05) is 42.9 Å². The van der Waals surface area contributed by atoms with Gasteiger partial charge in [-0.3, -0.25) is 9.59 Å². The number of Topliss-reactive ketones (excluding diaryl/α,β-unsaturated/α-hetero) is 2. The fourth-order valence-electron chi connectivity index (χ4n) is 3.90. The van der Waals surface area contributed by atoms with E-state index in [0.29, 0.717) is 36.2 Å². The number of carbonyl (C=O) groups excluding carboxylic acids is 2. The Morgan fingerprint density at radius 1 is 1.33 bits per heavy atom. The summed E-state index contributed by atoms with van der Waals surface area (Å²) in [7, 11) is 0. The summed E-state index contributed by atoms with van der Waals surface area (Å²) in [4.78, 5) is 25.7. The average Bonchev–Trinajstić information content (AvgIpc) is 2.58. The zero-order valence-electron chi connectivity index (χ0n) is 16.3. The summed E-state index contributed by atoms with van der Waals surface area (Å²) < 4.78 is 7.86. The van der Waals surface area contributed by atoms with Gasteiger partial charge in [0.15, 0.2) is 29.8 Å². The largest absolute Gasteiger partial charge is 1.00 e. The van der Waals surface area contributed by atoms with E-state index in [1.165, 1.54) is 0 Å². The third kappa shape index (κ3) is 4.00. The maximum Gasteiger partial charge on any atom is 0.198 e. The Balaban J connectivity index is 0.00000261. The quantitative estimate of drug-likeness (QED) is 0.671. The van der Waals surface area contributed by atoms with Crippen molar-refractivity contribution in [3.05, 3.63) is 52.9 Å². The molecule has 1 unspecified atom stereocenters. The molecule has 1 aromatic rings. The Morgan fingerprint density at radius 3 is 2.67 bits per heavy atom. The number of aromatic nitrogens is 1. The van der Waals surface area contributed by atoms with E-state index in [-0.39, 0.29) is 39.8 Å². The zero-order chi connectivity index (χ0) is 19.1. The first kappa shape index (κ1) is 21.4. The van der Waals surface area contributed by atoms with E-state index >= 15 is 0 Å². The van der Waals surface area contributed by atoms with Crippen LogP contribution in [0.25, 0.3) is 0 Å². The summed E-state index contributed by atoms with van der Waals surface area (Å²) in [6.07, 6.45) is 5.36. The van der Waals surface area contributed by atoms with Gasteiger partial charge in [0.25, 0.3) is 0 Å². The molecule has 2 aliphatic rings. The Labute approximate surface area is 171 Å². The number of nitrogens with two attached hydrogens (primary N) is 1. The second-order valence-electron chi connectivity index (χ2n) is 7.84. The summed E-state index contributed by atoms with van der Waals surface area (Å²) in [6.45, 7) is 8.75. The molecule has 2 heterocycles. The third-order valence-electron chi connectivity index (χ3n) is 5.16.